The zero-order valence-electron chi connectivity index (χ0n) is 7.79. The van der Waals surface area contributed by atoms with E-state index in [0.717, 1.165) is 12.1 Å². The van der Waals surface area contributed by atoms with Crippen LogP contribution in [0.4, 0.5) is 28.9 Å². The number of halogens is 4. The topological polar surface area (TPSA) is 70.5 Å². The van der Waals surface area contributed by atoms with Gasteiger partial charge in [-0.1, -0.05) is 0 Å². The van der Waals surface area contributed by atoms with Gasteiger partial charge in [-0.05, 0) is 0 Å². The third kappa shape index (κ3) is 3.07. The Hall–Kier alpha value is -1.86. The van der Waals surface area contributed by atoms with Crippen LogP contribution in [0.1, 0.15) is 0 Å². The van der Waals surface area contributed by atoms with E-state index < -0.39 is 24.7 Å². The minimum atomic E-state index is -3.08. The molecule has 0 atom stereocenters. The molecule has 0 aliphatic carbocycles. The standard InChI is InChI=1S/C8H8F4N2O2/c9-7(10)15-5-1-3(13)6(2-4(5)14)16-8(11)12/h1-2,7-8H,13-14H2. The molecule has 1 aromatic carbocycles. The number of hydrogen-bond donors (Lipinski definition) is 2. The number of nitrogens with two attached hydrogens (primary N) is 2. The third-order valence-electron chi connectivity index (χ3n) is 1.57. The summed E-state index contributed by atoms with van der Waals surface area (Å²) in [5.74, 6) is -0.789. The van der Waals surface area contributed by atoms with E-state index >= 15 is 0 Å². The van der Waals surface area contributed by atoms with Crippen LogP contribution in [0.2, 0.25) is 0 Å². The Morgan fingerprint density at radius 2 is 1.12 bits per heavy atom. The summed E-state index contributed by atoms with van der Waals surface area (Å²) in [7, 11) is 0. The molecule has 90 valence electrons. The molecular formula is C8H8F4N2O2. The van der Waals surface area contributed by atoms with Crippen molar-refractivity contribution in [2.24, 2.45) is 0 Å². The molecule has 1 rings (SSSR count). The molecule has 4 N–H and O–H groups in total. The van der Waals surface area contributed by atoms with Gasteiger partial charge in [-0.2, -0.15) is 17.6 Å². The van der Waals surface area contributed by atoms with Crippen molar-refractivity contribution in [3.63, 3.8) is 0 Å². The fraction of sp³-hybridized carbons (Fsp3) is 0.250. The van der Waals surface area contributed by atoms with Crippen molar-refractivity contribution in [3.05, 3.63) is 12.1 Å². The molecule has 0 spiro atoms. The maximum Gasteiger partial charge on any atom is 0.387 e. The predicted octanol–water partition coefficient (Wildman–Crippen LogP) is 2.05. The number of benzene rings is 1. The number of hydrogen-bond acceptors (Lipinski definition) is 4. The van der Waals surface area contributed by atoms with Crippen molar-refractivity contribution in [3.8, 4) is 11.5 Å². The Morgan fingerprint density at radius 1 is 0.812 bits per heavy atom. The fourth-order valence-electron chi connectivity index (χ4n) is 0.987. The van der Waals surface area contributed by atoms with Crippen molar-refractivity contribution < 1.29 is 27.0 Å². The highest BCUT2D eigenvalue weighted by Gasteiger charge is 2.14. The highest BCUT2D eigenvalue weighted by Crippen LogP contribution is 2.34. The third-order valence-corrected chi connectivity index (χ3v) is 1.57. The van der Waals surface area contributed by atoms with Crippen LogP contribution < -0.4 is 20.9 Å². The minimum Gasteiger partial charge on any atom is -0.433 e. The molecule has 0 saturated carbocycles. The van der Waals surface area contributed by atoms with Crippen LogP contribution in [0.25, 0.3) is 0 Å². The van der Waals surface area contributed by atoms with Crippen LogP contribution in [0.15, 0.2) is 12.1 Å². The van der Waals surface area contributed by atoms with E-state index in [2.05, 4.69) is 9.47 Å². The summed E-state index contributed by atoms with van der Waals surface area (Å²) in [6.07, 6.45) is 0. The van der Waals surface area contributed by atoms with Gasteiger partial charge in [0, 0.05) is 12.1 Å². The van der Waals surface area contributed by atoms with Gasteiger partial charge in [-0.25, -0.2) is 0 Å². The molecule has 8 heteroatoms. The quantitative estimate of drug-likeness (QED) is 0.624. The Bertz CT molecular complexity index is 338. The van der Waals surface area contributed by atoms with Crippen molar-refractivity contribution in [1.82, 2.24) is 0 Å². The summed E-state index contributed by atoms with van der Waals surface area (Å²) < 4.78 is 55.5. The molecule has 0 aliphatic rings. The lowest BCUT2D eigenvalue weighted by Gasteiger charge is -2.12. The van der Waals surface area contributed by atoms with Gasteiger partial charge < -0.3 is 20.9 Å². The molecule has 0 fully saturated rings. The number of anilines is 2. The van der Waals surface area contributed by atoms with Gasteiger partial charge in [0.15, 0.2) is 11.5 Å². The van der Waals surface area contributed by atoms with E-state index in [1.165, 1.54) is 0 Å². The molecule has 4 nitrogen and oxygen atoms in total. The summed E-state index contributed by atoms with van der Waals surface area (Å²) >= 11 is 0. The van der Waals surface area contributed by atoms with E-state index in [1.807, 2.05) is 0 Å². The van der Waals surface area contributed by atoms with Crippen LogP contribution in [-0.2, 0) is 0 Å². The van der Waals surface area contributed by atoms with Crippen LogP contribution in [-0.4, -0.2) is 13.2 Å². The number of nitrogen functional groups attached to an aromatic ring is 2. The van der Waals surface area contributed by atoms with E-state index in [-0.39, 0.29) is 11.4 Å². The van der Waals surface area contributed by atoms with Crippen molar-refractivity contribution >= 4 is 11.4 Å². The van der Waals surface area contributed by atoms with Gasteiger partial charge in [-0.15, -0.1) is 0 Å². The van der Waals surface area contributed by atoms with Crippen molar-refractivity contribution in [1.29, 1.82) is 0 Å². The van der Waals surface area contributed by atoms with Gasteiger partial charge in [-0.3, -0.25) is 0 Å². The van der Waals surface area contributed by atoms with E-state index in [0.29, 0.717) is 0 Å². The average molecular weight is 240 g/mol. The van der Waals surface area contributed by atoms with Gasteiger partial charge in [0.1, 0.15) is 0 Å². The Labute approximate surface area is 87.7 Å². The summed E-state index contributed by atoms with van der Waals surface area (Å²) in [5, 5.41) is 0. The minimum absolute atomic E-state index is 0.273. The van der Waals surface area contributed by atoms with Gasteiger partial charge in [0.2, 0.25) is 0 Å². The van der Waals surface area contributed by atoms with Gasteiger partial charge in [0.05, 0.1) is 11.4 Å². The first-order chi connectivity index (χ1) is 7.40. The molecule has 0 heterocycles. The summed E-state index contributed by atoms with van der Waals surface area (Å²) in [6.45, 7) is -6.16. The second kappa shape index (κ2) is 4.77. The van der Waals surface area contributed by atoms with Crippen molar-refractivity contribution in [2.45, 2.75) is 13.2 Å². The van der Waals surface area contributed by atoms with Crippen LogP contribution in [0.3, 0.4) is 0 Å². The van der Waals surface area contributed by atoms with Crippen LogP contribution >= 0.6 is 0 Å². The Balaban J connectivity index is 2.97. The summed E-state index contributed by atoms with van der Waals surface area (Å²) in [5.41, 5.74) is 10.0. The highest BCUT2D eigenvalue weighted by molar-refractivity contribution is 5.67. The molecule has 0 aromatic heterocycles. The smallest absolute Gasteiger partial charge is 0.387 e. The zero-order valence-corrected chi connectivity index (χ0v) is 7.79. The van der Waals surface area contributed by atoms with Crippen molar-refractivity contribution in [2.75, 3.05) is 11.5 Å². The first-order valence-electron chi connectivity index (χ1n) is 3.98. The van der Waals surface area contributed by atoms with E-state index in [1.54, 1.807) is 0 Å². The average Bonchev–Trinajstić information content (AvgIpc) is 2.11. The zero-order chi connectivity index (χ0) is 12.3. The first-order valence-corrected chi connectivity index (χ1v) is 3.98. The second-order valence-corrected chi connectivity index (χ2v) is 2.68. The first kappa shape index (κ1) is 12.2. The predicted molar refractivity (Wildman–Crippen MR) is 48.5 cm³/mol. The monoisotopic (exact) mass is 240 g/mol. The maximum absolute atomic E-state index is 11.9. The summed E-state index contributed by atoms with van der Waals surface area (Å²) in [6, 6.07) is 1.78. The fourth-order valence-corrected chi connectivity index (χ4v) is 0.987. The lowest BCUT2D eigenvalue weighted by atomic mass is 10.2. The molecule has 0 amide bonds. The van der Waals surface area contributed by atoms with E-state index in [9.17, 15) is 17.6 Å². The number of rotatable bonds is 4. The molecule has 1 aromatic rings. The normalized spacial score (nSPS) is 10.9. The van der Waals surface area contributed by atoms with Crippen LogP contribution in [0.5, 0.6) is 11.5 Å². The second-order valence-electron chi connectivity index (χ2n) is 2.68. The Kier molecular flexibility index (Phi) is 3.64. The molecule has 0 unspecified atom stereocenters. The molecule has 0 bridgehead atoms. The van der Waals surface area contributed by atoms with Gasteiger partial charge >= 0.3 is 13.2 Å². The van der Waals surface area contributed by atoms with E-state index in [4.69, 9.17) is 11.5 Å². The molecule has 0 saturated heterocycles. The molecule has 0 aliphatic heterocycles. The molecule has 16 heavy (non-hydrogen) atoms. The lowest BCUT2D eigenvalue weighted by molar-refractivity contribution is -0.0521. The number of ether oxygens (including phenoxy) is 2. The molecule has 0 radical (unpaired) electrons. The maximum atomic E-state index is 11.9. The van der Waals surface area contributed by atoms with Gasteiger partial charge in [0.25, 0.3) is 0 Å². The van der Waals surface area contributed by atoms with Crippen LogP contribution in [0, 0.1) is 0 Å². The summed E-state index contributed by atoms with van der Waals surface area (Å²) in [4.78, 5) is 0. The SMILES string of the molecule is Nc1cc(OC(F)F)c(N)cc1OC(F)F. The largest absolute Gasteiger partial charge is 0.433 e. The molecular weight excluding hydrogens is 232 g/mol. The Morgan fingerprint density at radius 3 is 1.38 bits per heavy atom. The number of alkyl halides is 4. The lowest BCUT2D eigenvalue weighted by Crippen LogP contribution is -2.08. The highest BCUT2D eigenvalue weighted by atomic mass is 19.3.